The van der Waals surface area contributed by atoms with Crippen molar-refractivity contribution in [1.82, 2.24) is 0 Å². The summed E-state index contributed by atoms with van der Waals surface area (Å²) in [4.78, 5) is 0. The van der Waals surface area contributed by atoms with Crippen LogP contribution in [-0.2, 0) is 87.0 Å². The highest BCUT2D eigenvalue weighted by atomic mass is 16.7. The van der Waals surface area contributed by atoms with Crippen molar-refractivity contribution >= 4 is 0 Å². The summed E-state index contributed by atoms with van der Waals surface area (Å²) < 4.78 is 66.0. The molecule has 8 rings (SSSR count). The Morgan fingerprint density at radius 3 is 1.09 bits per heavy atom. The molecule has 0 bridgehead atoms. The van der Waals surface area contributed by atoms with E-state index in [1.54, 1.807) is 7.11 Å². The summed E-state index contributed by atoms with van der Waals surface area (Å²) in [5.41, 5.74) is 5.87. The van der Waals surface area contributed by atoms with Crippen LogP contribution in [0.25, 0.3) is 0 Å². The normalized spacial score (nSPS) is 25.4. The minimum Gasteiger partial charge on any atom is -0.387 e. The van der Waals surface area contributed by atoms with E-state index in [2.05, 4.69) is 0 Å². The van der Waals surface area contributed by atoms with Crippen LogP contribution in [-0.4, -0.2) is 86.8 Å². The Hall–Kier alpha value is -5.12. The number of methoxy groups -OCH3 is 1. The van der Waals surface area contributed by atoms with Crippen LogP contribution in [0.4, 0.5) is 0 Å². The third-order valence-electron chi connectivity index (χ3n) is 11.7. The smallest absolute Gasteiger partial charge is 0.187 e. The van der Waals surface area contributed by atoms with Gasteiger partial charge in [0.15, 0.2) is 12.6 Å². The maximum atomic E-state index is 12.2. The van der Waals surface area contributed by atoms with Crippen molar-refractivity contribution in [2.24, 2.45) is 0 Å². The molecule has 0 amide bonds. The molecule has 2 aliphatic heterocycles. The molecule has 10 atom stereocenters. The largest absolute Gasteiger partial charge is 0.387 e. The molecule has 0 saturated carbocycles. The molecule has 1 N–H and O–H groups in total. The van der Waals surface area contributed by atoms with Crippen molar-refractivity contribution < 1.29 is 52.5 Å². The van der Waals surface area contributed by atoms with Crippen molar-refractivity contribution in [1.29, 1.82) is 0 Å². The zero-order chi connectivity index (χ0) is 45.2. The molecule has 6 aromatic carbocycles. The zero-order valence-corrected chi connectivity index (χ0v) is 37.3. The monoisotopic (exact) mass is 896 g/mol. The van der Waals surface area contributed by atoms with Crippen LogP contribution in [0.1, 0.15) is 33.4 Å². The molecule has 2 aliphatic rings. The number of hydrogen-bond acceptors (Lipinski definition) is 11. The first-order valence-corrected chi connectivity index (χ1v) is 22.6. The minimum atomic E-state index is -1.19. The molecule has 0 unspecified atom stereocenters. The zero-order valence-electron chi connectivity index (χ0n) is 37.3. The van der Waals surface area contributed by atoms with Crippen LogP contribution in [0.15, 0.2) is 182 Å². The number of aliphatic hydroxyl groups is 1. The molecule has 0 aliphatic carbocycles. The van der Waals surface area contributed by atoms with Gasteiger partial charge in [-0.1, -0.05) is 182 Å². The summed E-state index contributed by atoms with van der Waals surface area (Å²) >= 11 is 0. The van der Waals surface area contributed by atoms with Crippen molar-refractivity contribution in [2.45, 2.75) is 101 Å². The summed E-state index contributed by atoms with van der Waals surface area (Å²) in [5, 5.41) is 12.2. The van der Waals surface area contributed by atoms with Crippen LogP contribution in [0.2, 0.25) is 0 Å². The summed E-state index contributed by atoms with van der Waals surface area (Å²) in [6.45, 7) is 1.71. The van der Waals surface area contributed by atoms with E-state index in [1.807, 2.05) is 182 Å². The van der Waals surface area contributed by atoms with Gasteiger partial charge in [-0.2, -0.15) is 0 Å². The lowest BCUT2D eigenvalue weighted by molar-refractivity contribution is -0.348. The third-order valence-corrected chi connectivity index (χ3v) is 11.7. The molecule has 0 aromatic heterocycles. The van der Waals surface area contributed by atoms with E-state index in [4.69, 9.17) is 47.4 Å². The van der Waals surface area contributed by atoms with Gasteiger partial charge in [0, 0.05) is 7.11 Å². The lowest BCUT2D eigenvalue weighted by Crippen LogP contribution is -2.63. The standard InChI is InChI=1S/C55H60O11/c1-57-54-52(62-36-44-28-16-6-17-29-44)50(60-34-42-24-12-4-13-25-42)48(56)46(65-54)39-64-55-53(63-37-45-30-18-7-19-31-45)51(61-35-43-26-14-5-15-27-43)49(59-33-41-22-10-3-11-23-41)47(66-55)38-58-32-40-20-8-2-9-21-40/h2-31,46-56H,32-39H2,1H3/t46-,47-,48-,49-,50+,51+,52-,53-,54+,55-/m1/s1. The SMILES string of the molecule is CO[C@H]1O[C@H](CO[C@@H]2O[C@H](COCc3ccccc3)[C@@H](OCc3ccccc3)[C@H](OCc3ccccc3)[C@H]2OCc2ccccc2)[C@@H](O)[C@H](OCc2ccccc2)[C@H]1OCc1ccccc1. The summed E-state index contributed by atoms with van der Waals surface area (Å²) in [7, 11) is 1.55. The average Bonchev–Trinajstić information content (AvgIpc) is 3.37. The Bertz CT molecular complexity index is 2220. The van der Waals surface area contributed by atoms with Gasteiger partial charge in [0.25, 0.3) is 0 Å². The van der Waals surface area contributed by atoms with Crippen molar-refractivity contribution in [3.63, 3.8) is 0 Å². The van der Waals surface area contributed by atoms with Gasteiger partial charge in [-0.25, -0.2) is 0 Å². The Balaban J connectivity index is 1.08. The first kappa shape index (κ1) is 47.4. The highest BCUT2D eigenvalue weighted by Crippen LogP contribution is 2.34. The Kier molecular flexibility index (Phi) is 18.0. The van der Waals surface area contributed by atoms with Crippen LogP contribution in [0.5, 0.6) is 0 Å². The van der Waals surface area contributed by atoms with Crippen LogP contribution < -0.4 is 0 Å². The fourth-order valence-corrected chi connectivity index (χ4v) is 8.19. The molecule has 0 radical (unpaired) electrons. The lowest BCUT2D eigenvalue weighted by atomic mass is 9.97. The highest BCUT2D eigenvalue weighted by molar-refractivity contribution is 5.18. The molecule has 2 saturated heterocycles. The predicted molar refractivity (Wildman–Crippen MR) is 247 cm³/mol. The van der Waals surface area contributed by atoms with Gasteiger partial charge >= 0.3 is 0 Å². The fraction of sp³-hybridized carbons (Fsp3) is 0.345. The molecule has 0 spiro atoms. The van der Waals surface area contributed by atoms with E-state index in [0.717, 1.165) is 33.4 Å². The second kappa shape index (κ2) is 25.1. The van der Waals surface area contributed by atoms with Gasteiger partial charge in [0.2, 0.25) is 0 Å². The van der Waals surface area contributed by atoms with Gasteiger partial charge in [-0.3, -0.25) is 0 Å². The van der Waals surface area contributed by atoms with E-state index in [1.165, 1.54) is 0 Å². The molecule has 11 heteroatoms. The second-order valence-corrected chi connectivity index (χ2v) is 16.5. The molecule has 66 heavy (non-hydrogen) atoms. The van der Waals surface area contributed by atoms with Gasteiger partial charge in [0.05, 0.1) is 52.9 Å². The number of benzene rings is 6. The maximum absolute atomic E-state index is 12.2. The van der Waals surface area contributed by atoms with E-state index >= 15 is 0 Å². The first-order valence-electron chi connectivity index (χ1n) is 22.6. The summed E-state index contributed by atoms with van der Waals surface area (Å²) in [5.74, 6) is 0. The number of aliphatic hydroxyl groups excluding tert-OH is 1. The summed E-state index contributed by atoms with van der Waals surface area (Å²) in [6, 6.07) is 59.5. The number of hydrogen-bond donors (Lipinski definition) is 1. The van der Waals surface area contributed by atoms with Gasteiger partial charge < -0.3 is 52.5 Å². The first-order chi connectivity index (χ1) is 32.6. The molecule has 11 nitrogen and oxygen atoms in total. The molecule has 6 aromatic rings. The van der Waals surface area contributed by atoms with Crippen LogP contribution in [0, 0.1) is 0 Å². The molecule has 2 heterocycles. The number of rotatable bonds is 23. The quantitative estimate of drug-likeness (QED) is 0.0668. The Morgan fingerprint density at radius 2 is 0.682 bits per heavy atom. The van der Waals surface area contributed by atoms with E-state index in [9.17, 15) is 5.11 Å². The number of ether oxygens (including phenoxy) is 10. The van der Waals surface area contributed by atoms with Crippen LogP contribution in [0.3, 0.4) is 0 Å². The van der Waals surface area contributed by atoms with Gasteiger partial charge in [0.1, 0.15) is 48.8 Å². The summed E-state index contributed by atoms with van der Waals surface area (Å²) in [6.07, 6.45) is -8.50. The van der Waals surface area contributed by atoms with Crippen molar-refractivity contribution in [2.75, 3.05) is 20.3 Å². The average molecular weight is 897 g/mol. The molecular weight excluding hydrogens is 837 g/mol. The van der Waals surface area contributed by atoms with Crippen molar-refractivity contribution in [3.05, 3.63) is 215 Å². The Morgan fingerprint density at radius 1 is 0.348 bits per heavy atom. The van der Waals surface area contributed by atoms with Gasteiger partial charge in [-0.15, -0.1) is 0 Å². The topological polar surface area (TPSA) is 113 Å². The third kappa shape index (κ3) is 13.5. The molecular formula is C55H60O11. The van der Waals surface area contributed by atoms with E-state index in [-0.39, 0.29) is 39.6 Å². The van der Waals surface area contributed by atoms with Crippen LogP contribution >= 0.6 is 0 Å². The van der Waals surface area contributed by atoms with Gasteiger partial charge in [-0.05, 0) is 33.4 Å². The highest BCUT2D eigenvalue weighted by Gasteiger charge is 2.51. The Labute approximate surface area is 388 Å². The fourth-order valence-electron chi connectivity index (χ4n) is 8.19. The van der Waals surface area contributed by atoms with E-state index in [0.29, 0.717) is 13.2 Å². The second-order valence-electron chi connectivity index (χ2n) is 16.5. The van der Waals surface area contributed by atoms with Crippen molar-refractivity contribution in [3.8, 4) is 0 Å². The molecule has 2 fully saturated rings. The minimum absolute atomic E-state index is 0.119. The lowest BCUT2D eigenvalue weighted by Gasteiger charge is -2.47. The molecule has 346 valence electrons. The maximum Gasteiger partial charge on any atom is 0.187 e. The predicted octanol–water partition coefficient (Wildman–Crippen LogP) is 8.60. The van der Waals surface area contributed by atoms with E-state index < -0.39 is 61.4 Å².